The monoisotopic (exact) mass is 386 g/mol. The molecule has 4 rings (SSSR count). The van der Waals surface area contributed by atoms with Gasteiger partial charge in [-0.2, -0.15) is 13.2 Å². The Kier molecular flexibility index (Phi) is 4.33. The molecule has 142 valence electrons. The summed E-state index contributed by atoms with van der Waals surface area (Å²) in [7, 11) is 0. The number of rotatable bonds is 2. The van der Waals surface area contributed by atoms with E-state index in [2.05, 4.69) is 15.0 Å². The fourth-order valence-corrected chi connectivity index (χ4v) is 3.23. The largest absolute Gasteiger partial charge is 0.416 e. The Labute approximate surface area is 157 Å². The van der Waals surface area contributed by atoms with Gasteiger partial charge < -0.3 is 5.73 Å². The molecule has 0 fully saturated rings. The van der Waals surface area contributed by atoms with Gasteiger partial charge in [0.25, 0.3) is 0 Å². The van der Waals surface area contributed by atoms with E-state index in [1.807, 2.05) is 0 Å². The number of amidine groups is 1. The van der Waals surface area contributed by atoms with Crippen molar-refractivity contribution < 1.29 is 17.6 Å². The third-order valence-electron chi connectivity index (χ3n) is 4.63. The summed E-state index contributed by atoms with van der Waals surface area (Å²) >= 11 is 0. The quantitative estimate of drug-likeness (QED) is 0.668. The van der Waals surface area contributed by atoms with Crippen LogP contribution in [0.5, 0.6) is 0 Å². The molecule has 1 aliphatic heterocycles. The summed E-state index contributed by atoms with van der Waals surface area (Å²) in [4.78, 5) is 12.4. The van der Waals surface area contributed by atoms with Crippen molar-refractivity contribution in [3.05, 3.63) is 83.2 Å². The Hall–Kier alpha value is -3.29. The number of halogens is 4. The van der Waals surface area contributed by atoms with E-state index in [1.165, 1.54) is 30.6 Å². The van der Waals surface area contributed by atoms with Gasteiger partial charge in [0.05, 0.1) is 22.9 Å². The highest BCUT2D eigenvalue weighted by Gasteiger charge is 2.30. The van der Waals surface area contributed by atoms with E-state index in [1.54, 1.807) is 12.3 Å². The minimum atomic E-state index is -4.45. The van der Waals surface area contributed by atoms with E-state index in [4.69, 9.17) is 5.73 Å². The summed E-state index contributed by atoms with van der Waals surface area (Å²) in [5, 5.41) is 0. The molecule has 3 aromatic rings. The van der Waals surface area contributed by atoms with Gasteiger partial charge in [-0.3, -0.25) is 4.99 Å². The Morgan fingerprint density at radius 1 is 1.04 bits per heavy atom. The third kappa shape index (κ3) is 3.33. The predicted octanol–water partition coefficient (Wildman–Crippen LogP) is 4.30. The molecular formula is C20H14F4N4. The molecule has 0 saturated heterocycles. The minimum absolute atomic E-state index is 0.204. The fourth-order valence-electron chi connectivity index (χ4n) is 3.23. The molecule has 0 bridgehead atoms. The number of alkyl halides is 3. The number of nitrogens with two attached hydrogens (primary N) is 1. The lowest BCUT2D eigenvalue weighted by molar-refractivity contribution is -0.137. The molecule has 2 heterocycles. The van der Waals surface area contributed by atoms with Crippen molar-refractivity contribution in [1.29, 1.82) is 0 Å². The predicted molar refractivity (Wildman–Crippen MR) is 96.0 cm³/mol. The summed E-state index contributed by atoms with van der Waals surface area (Å²) in [5.41, 5.74) is 7.51. The fraction of sp³-hybridized carbons (Fsp3) is 0.150. The highest BCUT2D eigenvalue weighted by Crippen LogP contribution is 2.35. The number of aromatic nitrogens is 2. The normalized spacial score (nSPS) is 16.4. The van der Waals surface area contributed by atoms with Crippen molar-refractivity contribution in [3.8, 4) is 11.1 Å². The third-order valence-corrected chi connectivity index (χ3v) is 4.63. The van der Waals surface area contributed by atoms with Crippen molar-refractivity contribution in [2.45, 2.75) is 18.6 Å². The molecule has 4 nitrogen and oxygen atoms in total. The van der Waals surface area contributed by atoms with Crippen LogP contribution in [-0.4, -0.2) is 15.8 Å². The van der Waals surface area contributed by atoms with Crippen molar-refractivity contribution in [2.75, 3.05) is 0 Å². The molecule has 2 N–H and O–H groups in total. The lowest BCUT2D eigenvalue weighted by Crippen LogP contribution is -2.24. The number of fused-ring (bicyclic) bond motifs is 1. The Bertz CT molecular complexity index is 1080. The Morgan fingerprint density at radius 2 is 1.82 bits per heavy atom. The van der Waals surface area contributed by atoms with Crippen LogP contribution in [0.1, 0.15) is 28.4 Å². The highest BCUT2D eigenvalue weighted by molar-refractivity contribution is 5.99. The van der Waals surface area contributed by atoms with Crippen molar-refractivity contribution in [3.63, 3.8) is 0 Å². The molecule has 0 radical (unpaired) electrons. The zero-order valence-electron chi connectivity index (χ0n) is 14.4. The molecule has 2 aromatic carbocycles. The zero-order valence-corrected chi connectivity index (χ0v) is 14.4. The van der Waals surface area contributed by atoms with E-state index in [0.29, 0.717) is 28.8 Å². The topological polar surface area (TPSA) is 64.2 Å². The molecule has 0 amide bonds. The number of hydrogen-bond acceptors (Lipinski definition) is 4. The Morgan fingerprint density at radius 3 is 2.61 bits per heavy atom. The van der Waals surface area contributed by atoms with Crippen molar-refractivity contribution in [1.82, 2.24) is 9.97 Å². The van der Waals surface area contributed by atoms with E-state index in [-0.39, 0.29) is 11.4 Å². The lowest BCUT2D eigenvalue weighted by Gasteiger charge is -2.21. The molecule has 28 heavy (non-hydrogen) atoms. The first-order valence-electron chi connectivity index (χ1n) is 8.42. The Balaban J connectivity index is 1.75. The summed E-state index contributed by atoms with van der Waals surface area (Å²) in [6.07, 6.45) is -1.21. The van der Waals surface area contributed by atoms with Crippen molar-refractivity contribution >= 4 is 5.84 Å². The molecule has 1 aliphatic rings. The van der Waals surface area contributed by atoms with Gasteiger partial charge in [-0.05, 0) is 35.4 Å². The van der Waals surface area contributed by atoms with Gasteiger partial charge in [-0.1, -0.05) is 18.2 Å². The molecule has 1 atom stereocenters. The van der Waals surface area contributed by atoms with Crippen LogP contribution in [0.2, 0.25) is 0 Å². The van der Waals surface area contributed by atoms with Crippen LogP contribution in [0.3, 0.4) is 0 Å². The summed E-state index contributed by atoms with van der Waals surface area (Å²) in [6, 6.07) is 8.48. The molecule has 0 aliphatic carbocycles. The van der Waals surface area contributed by atoms with Crippen LogP contribution >= 0.6 is 0 Å². The average molecular weight is 386 g/mol. The minimum Gasteiger partial charge on any atom is -0.383 e. The average Bonchev–Trinajstić information content (AvgIpc) is 2.68. The van der Waals surface area contributed by atoms with E-state index < -0.39 is 23.6 Å². The molecular weight excluding hydrogens is 372 g/mol. The maximum Gasteiger partial charge on any atom is 0.416 e. The molecule has 1 unspecified atom stereocenters. The number of benzene rings is 2. The summed E-state index contributed by atoms with van der Waals surface area (Å²) in [5.74, 6) is -0.300. The van der Waals surface area contributed by atoms with Crippen LogP contribution in [-0.2, 0) is 12.6 Å². The van der Waals surface area contributed by atoms with Crippen LogP contribution in [0, 0.1) is 5.82 Å². The van der Waals surface area contributed by atoms with E-state index in [0.717, 1.165) is 12.1 Å². The number of aliphatic imine (C=N–C) groups is 1. The molecule has 1 aromatic heterocycles. The molecule has 0 spiro atoms. The number of nitrogens with zero attached hydrogens (tertiary/aromatic N) is 3. The maximum absolute atomic E-state index is 14.5. The van der Waals surface area contributed by atoms with Gasteiger partial charge in [0.15, 0.2) is 0 Å². The SMILES string of the molecule is NC1=NC(c2cc(-c3cccc(C(F)(F)F)c3)ccc2F)Cc2ncncc21. The van der Waals surface area contributed by atoms with Crippen LogP contribution in [0.4, 0.5) is 17.6 Å². The van der Waals surface area contributed by atoms with Crippen LogP contribution < -0.4 is 5.73 Å². The highest BCUT2D eigenvalue weighted by atomic mass is 19.4. The first kappa shape index (κ1) is 18.1. The zero-order chi connectivity index (χ0) is 19.9. The van der Waals surface area contributed by atoms with Crippen LogP contribution in [0.25, 0.3) is 11.1 Å². The first-order valence-corrected chi connectivity index (χ1v) is 8.42. The van der Waals surface area contributed by atoms with Crippen LogP contribution in [0.15, 0.2) is 60.0 Å². The standard InChI is InChI=1S/C20H14F4N4/c21-16-5-4-12(11-2-1-3-13(6-11)20(22,23)24)7-14(16)18-8-17-15(19(25)28-18)9-26-10-27-17/h1-7,9-10,18H,8H2,(H2,25,28). The maximum atomic E-state index is 14.5. The van der Waals surface area contributed by atoms with Gasteiger partial charge in [0.1, 0.15) is 18.0 Å². The van der Waals surface area contributed by atoms with Gasteiger partial charge in [0, 0.05) is 18.2 Å². The second-order valence-corrected chi connectivity index (χ2v) is 6.43. The van der Waals surface area contributed by atoms with E-state index >= 15 is 0 Å². The van der Waals surface area contributed by atoms with Gasteiger partial charge in [0.2, 0.25) is 0 Å². The second-order valence-electron chi connectivity index (χ2n) is 6.43. The molecule has 0 saturated carbocycles. The summed E-state index contributed by atoms with van der Waals surface area (Å²) < 4.78 is 53.5. The lowest BCUT2D eigenvalue weighted by atomic mass is 9.93. The second kappa shape index (κ2) is 6.70. The van der Waals surface area contributed by atoms with Gasteiger partial charge in [-0.15, -0.1) is 0 Å². The van der Waals surface area contributed by atoms with Gasteiger partial charge >= 0.3 is 6.18 Å². The number of hydrogen-bond donors (Lipinski definition) is 1. The summed E-state index contributed by atoms with van der Waals surface area (Å²) in [6.45, 7) is 0. The first-order chi connectivity index (χ1) is 13.3. The van der Waals surface area contributed by atoms with E-state index in [9.17, 15) is 17.6 Å². The molecule has 8 heteroatoms. The smallest absolute Gasteiger partial charge is 0.383 e. The van der Waals surface area contributed by atoms with Gasteiger partial charge in [-0.25, -0.2) is 14.4 Å². The van der Waals surface area contributed by atoms with Crippen molar-refractivity contribution in [2.24, 2.45) is 10.7 Å².